The maximum atomic E-state index is 13.0. The Kier molecular flexibility index (Phi) is 8.76. The van der Waals surface area contributed by atoms with Crippen LogP contribution in [0.1, 0.15) is 37.3 Å². The van der Waals surface area contributed by atoms with Crippen LogP contribution in [0.5, 0.6) is 11.5 Å². The number of carbonyl (C=O) groups is 3. The van der Waals surface area contributed by atoms with Crippen LogP contribution in [0.4, 0.5) is 4.79 Å². The lowest BCUT2D eigenvalue weighted by molar-refractivity contribution is -0.136. The van der Waals surface area contributed by atoms with Crippen LogP contribution in [-0.4, -0.2) is 53.1 Å². The summed E-state index contributed by atoms with van der Waals surface area (Å²) in [6, 6.07) is 18.2. The molecule has 2 fully saturated rings. The van der Waals surface area contributed by atoms with Crippen molar-refractivity contribution in [3.8, 4) is 11.5 Å². The van der Waals surface area contributed by atoms with Gasteiger partial charge in [-0.05, 0) is 107 Å². The third-order valence-corrected chi connectivity index (χ3v) is 8.41. The second-order valence-corrected chi connectivity index (χ2v) is 11.6. The smallest absolute Gasteiger partial charge is 0.294 e. The number of hydrogen-bond donors (Lipinski definition) is 0. The molecule has 0 N–H and O–H groups in total. The Morgan fingerprint density at radius 3 is 2.54 bits per heavy atom. The Hall–Kier alpha value is -3.05. The molecule has 2 heterocycles. The van der Waals surface area contributed by atoms with E-state index in [0.717, 1.165) is 50.4 Å². The number of fused-ring (bicyclic) bond motifs is 1. The molecule has 0 aliphatic carbocycles. The Bertz CT molecular complexity index is 1450. The first-order valence-electron chi connectivity index (χ1n) is 13.0. The largest absolute Gasteiger partial charge is 0.490 e. The Labute approximate surface area is 245 Å². The summed E-state index contributed by atoms with van der Waals surface area (Å²) in [5, 5.41) is 1.90. The van der Waals surface area contributed by atoms with E-state index in [9.17, 15) is 14.4 Å². The van der Waals surface area contributed by atoms with Crippen LogP contribution in [0.15, 0.2) is 59.5 Å². The SMILES string of the molecule is CCOc1cc(/C=C2\SC(=O)N(CC(=O)N3CCCCC3)C2=O)cc(I)c1OCc1ccc2ccccc2c1. The van der Waals surface area contributed by atoms with Gasteiger partial charge in [0.15, 0.2) is 11.5 Å². The minimum absolute atomic E-state index is 0.181. The zero-order valence-corrected chi connectivity index (χ0v) is 24.6. The Morgan fingerprint density at radius 1 is 1.00 bits per heavy atom. The van der Waals surface area contributed by atoms with E-state index in [0.29, 0.717) is 43.4 Å². The maximum absolute atomic E-state index is 13.0. The van der Waals surface area contributed by atoms with Gasteiger partial charge in [0.1, 0.15) is 13.2 Å². The van der Waals surface area contributed by atoms with Crippen molar-refractivity contribution < 1.29 is 23.9 Å². The number of rotatable bonds is 8. The summed E-state index contributed by atoms with van der Waals surface area (Å²) in [7, 11) is 0. The lowest BCUT2D eigenvalue weighted by Gasteiger charge is -2.27. The summed E-state index contributed by atoms with van der Waals surface area (Å²) in [5.41, 5.74) is 1.76. The summed E-state index contributed by atoms with van der Waals surface area (Å²) in [5.74, 6) is 0.568. The van der Waals surface area contributed by atoms with Gasteiger partial charge in [0.25, 0.3) is 11.1 Å². The van der Waals surface area contributed by atoms with E-state index in [-0.39, 0.29) is 17.4 Å². The van der Waals surface area contributed by atoms with E-state index >= 15 is 0 Å². The van der Waals surface area contributed by atoms with Crippen LogP contribution < -0.4 is 9.47 Å². The van der Waals surface area contributed by atoms with Crippen LogP contribution >= 0.6 is 34.4 Å². The molecular weight excluding hydrogens is 627 g/mol. The molecule has 0 saturated carbocycles. The Morgan fingerprint density at radius 2 is 1.77 bits per heavy atom. The number of imide groups is 1. The molecule has 3 aromatic carbocycles. The lowest BCUT2D eigenvalue weighted by atomic mass is 10.1. The average Bonchev–Trinajstić information content (AvgIpc) is 3.20. The van der Waals surface area contributed by atoms with Crippen molar-refractivity contribution >= 4 is 68.3 Å². The van der Waals surface area contributed by atoms with E-state index in [2.05, 4.69) is 52.9 Å². The highest BCUT2D eigenvalue weighted by Crippen LogP contribution is 2.38. The molecule has 202 valence electrons. The van der Waals surface area contributed by atoms with Crippen LogP contribution in [0.2, 0.25) is 0 Å². The van der Waals surface area contributed by atoms with Gasteiger partial charge in [-0.2, -0.15) is 0 Å². The van der Waals surface area contributed by atoms with Gasteiger partial charge in [0.2, 0.25) is 5.91 Å². The molecule has 0 aromatic heterocycles. The van der Waals surface area contributed by atoms with Gasteiger partial charge in [-0.3, -0.25) is 19.3 Å². The van der Waals surface area contributed by atoms with Gasteiger partial charge in [-0.25, -0.2) is 0 Å². The van der Waals surface area contributed by atoms with E-state index in [4.69, 9.17) is 9.47 Å². The van der Waals surface area contributed by atoms with Crippen molar-refractivity contribution in [1.29, 1.82) is 0 Å². The summed E-state index contributed by atoms with van der Waals surface area (Å²) in [4.78, 5) is 41.4. The second kappa shape index (κ2) is 12.4. The van der Waals surface area contributed by atoms with Crippen molar-refractivity contribution in [2.75, 3.05) is 26.2 Å². The molecule has 0 spiro atoms. The van der Waals surface area contributed by atoms with Crippen LogP contribution in [0.3, 0.4) is 0 Å². The highest BCUT2D eigenvalue weighted by atomic mass is 127. The molecular formula is C30H29IN2O5S. The van der Waals surface area contributed by atoms with Crippen LogP contribution in [0, 0.1) is 3.57 Å². The average molecular weight is 657 g/mol. The number of amides is 3. The lowest BCUT2D eigenvalue weighted by Crippen LogP contribution is -2.44. The number of hydrogen-bond acceptors (Lipinski definition) is 6. The first-order chi connectivity index (χ1) is 18.9. The topological polar surface area (TPSA) is 76.2 Å². The number of likely N-dealkylation sites (tertiary alicyclic amines) is 1. The maximum Gasteiger partial charge on any atom is 0.294 e. The van der Waals surface area contributed by atoms with E-state index < -0.39 is 11.1 Å². The Balaban J connectivity index is 1.32. The van der Waals surface area contributed by atoms with Crippen molar-refractivity contribution in [2.45, 2.75) is 32.8 Å². The third kappa shape index (κ3) is 6.41. The number of thioether (sulfide) groups is 1. The fourth-order valence-electron chi connectivity index (χ4n) is 4.72. The monoisotopic (exact) mass is 656 g/mol. The van der Waals surface area contributed by atoms with Crippen molar-refractivity contribution in [3.63, 3.8) is 0 Å². The van der Waals surface area contributed by atoms with Crippen molar-refractivity contribution in [1.82, 2.24) is 9.80 Å². The predicted octanol–water partition coefficient (Wildman–Crippen LogP) is 6.47. The van der Waals surface area contributed by atoms with Gasteiger partial charge in [-0.1, -0.05) is 36.4 Å². The molecule has 2 aliphatic heterocycles. The summed E-state index contributed by atoms with van der Waals surface area (Å²) in [6.45, 7) is 3.87. The molecule has 2 aliphatic rings. The molecule has 3 aromatic rings. The number of nitrogens with zero attached hydrogens (tertiary/aromatic N) is 2. The first kappa shape index (κ1) is 27.5. The number of carbonyl (C=O) groups excluding carboxylic acids is 3. The highest BCUT2D eigenvalue weighted by Gasteiger charge is 2.37. The van der Waals surface area contributed by atoms with Crippen molar-refractivity contribution in [2.24, 2.45) is 0 Å². The van der Waals surface area contributed by atoms with Crippen LogP contribution in [-0.2, 0) is 16.2 Å². The number of benzene rings is 3. The van der Waals surface area contributed by atoms with E-state index in [1.54, 1.807) is 11.0 Å². The quantitative estimate of drug-likeness (QED) is 0.205. The molecule has 0 radical (unpaired) electrons. The molecule has 9 heteroatoms. The number of piperidine rings is 1. The third-order valence-electron chi connectivity index (χ3n) is 6.70. The van der Waals surface area contributed by atoms with Gasteiger partial charge in [0, 0.05) is 13.1 Å². The van der Waals surface area contributed by atoms with E-state index in [1.165, 1.54) is 5.39 Å². The zero-order valence-electron chi connectivity index (χ0n) is 21.7. The second-order valence-electron chi connectivity index (χ2n) is 9.44. The van der Waals surface area contributed by atoms with Gasteiger partial charge < -0.3 is 14.4 Å². The first-order valence-corrected chi connectivity index (χ1v) is 14.9. The molecule has 5 rings (SSSR count). The fourth-order valence-corrected chi connectivity index (χ4v) is 6.34. The zero-order chi connectivity index (χ0) is 27.4. The minimum atomic E-state index is -0.444. The van der Waals surface area contributed by atoms with E-state index in [1.807, 2.05) is 31.2 Å². The number of ether oxygens (including phenoxy) is 2. The molecule has 39 heavy (non-hydrogen) atoms. The predicted molar refractivity (Wildman–Crippen MR) is 162 cm³/mol. The molecule has 0 atom stereocenters. The molecule has 2 saturated heterocycles. The molecule has 3 amide bonds. The van der Waals surface area contributed by atoms with Crippen molar-refractivity contribution in [3.05, 3.63) is 74.2 Å². The molecule has 7 nitrogen and oxygen atoms in total. The van der Waals surface area contributed by atoms with Crippen LogP contribution in [0.25, 0.3) is 16.8 Å². The number of halogens is 1. The normalized spacial score (nSPS) is 16.8. The minimum Gasteiger partial charge on any atom is -0.490 e. The standard InChI is InChI=1S/C30H29IN2O5S/c1-2-37-25-16-21(15-24(31)28(25)38-19-20-10-11-22-8-4-5-9-23(22)14-20)17-26-29(35)33(30(36)39-26)18-27(34)32-12-6-3-7-13-32/h4-5,8-11,14-17H,2-3,6-7,12-13,18-19H2,1H3/b26-17-. The fraction of sp³-hybridized carbons (Fsp3) is 0.300. The highest BCUT2D eigenvalue weighted by molar-refractivity contribution is 14.1. The van der Waals surface area contributed by atoms with Gasteiger partial charge in [-0.15, -0.1) is 0 Å². The summed E-state index contributed by atoms with van der Waals surface area (Å²) in [6.07, 6.45) is 4.69. The van der Waals surface area contributed by atoms with Gasteiger partial charge >= 0.3 is 0 Å². The molecule has 0 bridgehead atoms. The molecule has 0 unspecified atom stereocenters. The summed E-state index contributed by atoms with van der Waals surface area (Å²) < 4.78 is 12.9. The summed E-state index contributed by atoms with van der Waals surface area (Å²) >= 11 is 3.05. The van der Waals surface area contributed by atoms with Gasteiger partial charge in [0.05, 0.1) is 15.1 Å².